The highest BCUT2D eigenvalue weighted by Crippen LogP contribution is 2.04. The molecule has 0 saturated carbocycles. The van der Waals surface area contributed by atoms with E-state index in [1.807, 2.05) is 13.8 Å². The van der Waals surface area contributed by atoms with Crippen LogP contribution in [0.25, 0.3) is 0 Å². The number of amides is 2. The van der Waals surface area contributed by atoms with Crippen molar-refractivity contribution in [2.75, 3.05) is 13.1 Å². The van der Waals surface area contributed by atoms with Gasteiger partial charge in [-0.05, 0) is 5.92 Å². The van der Waals surface area contributed by atoms with Crippen molar-refractivity contribution in [3.05, 3.63) is 18.2 Å². The van der Waals surface area contributed by atoms with Crippen LogP contribution in [-0.4, -0.2) is 73.4 Å². The topological polar surface area (TPSA) is 156 Å². The summed E-state index contributed by atoms with van der Waals surface area (Å²) in [6, 6.07) is -2.00. The molecule has 0 aliphatic carbocycles. The number of rotatable bonds is 9. The summed E-state index contributed by atoms with van der Waals surface area (Å²) in [6.07, 6.45) is 1.20. The number of aliphatic hydroxyl groups is 1. The zero-order chi connectivity index (χ0) is 18.3. The van der Waals surface area contributed by atoms with Crippen LogP contribution in [0.5, 0.6) is 0 Å². The lowest BCUT2D eigenvalue weighted by Crippen LogP contribution is -2.52. The average Bonchev–Trinajstić information content (AvgIpc) is 2.97. The van der Waals surface area contributed by atoms with E-state index in [-0.39, 0.29) is 18.9 Å². The van der Waals surface area contributed by atoms with Crippen molar-refractivity contribution in [2.45, 2.75) is 32.4 Å². The quantitative estimate of drug-likeness (QED) is 0.405. The number of imidazole rings is 1. The Hall–Kier alpha value is -2.62. The monoisotopic (exact) mass is 342 g/mol. The molecule has 0 fully saturated rings. The summed E-state index contributed by atoms with van der Waals surface area (Å²) in [5, 5.41) is 29.8. The van der Waals surface area contributed by atoms with Gasteiger partial charge in [-0.15, -0.1) is 0 Å². The van der Waals surface area contributed by atoms with Gasteiger partial charge in [0.1, 0.15) is 11.9 Å². The maximum atomic E-state index is 12.3. The second-order valence-corrected chi connectivity index (χ2v) is 5.73. The Labute approximate surface area is 138 Å². The molecule has 24 heavy (non-hydrogen) atoms. The molecule has 5 N–H and O–H groups in total. The number of hydrogen-bond donors (Lipinski definition) is 5. The van der Waals surface area contributed by atoms with E-state index in [0.29, 0.717) is 5.82 Å². The highest BCUT2D eigenvalue weighted by Gasteiger charge is 2.27. The molecule has 0 aliphatic heterocycles. The molecule has 1 rings (SSSR count). The molecule has 10 heteroatoms. The number of urea groups is 1. The van der Waals surface area contributed by atoms with Crippen LogP contribution >= 0.6 is 0 Å². The Balaban J connectivity index is 2.78. The minimum atomic E-state index is -1.75. The number of carboxylic acid groups (broad SMARTS) is 2. The maximum absolute atomic E-state index is 12.3. The van der Waals surface area contributed by atoms with Gasteiger partial charge in [-0.1, -0.05) is 13.8 Å². The molecule has 1 aromatic rings. The van der Waals surface area contributed by atoms with Crippen LogP contribution < -0.4 is 5.32 Å². The van der Waals surface area contributed by atoms with E-state index in [9.17, 15) is 24.6 Å². The van der Waals surface area contributed by atoms with Gasteiger partial charge < -0.3 is 30.5 Å². The molecular formula is C14H22N4O6. The summed E-state index contributed by atoms with van der Waals surface area (Å²) in [5.74, 6) is -2.31. The molecule has 1 aromatic heterocycles. The van der Waals surface area contributed by atoms with Crippen LogP contribution in [0.1, 0.15) is 19.7 Å². The fourth-order valence-corrected chi connectivity index (χ4v) is 2.01. The van der Waals surface area contributed by atoms with Gasteiger partial charge >= 0.3 is 18.0 Å². The average molecular weight is 342 g/mol. The zero-order valence-corrected chi connectivity index (χ0v) is 13.5. The molecule has 0 bridgehead atoms. The number of nitrogens with zero attached hydrogens (tertiary/aromatic N) is 2. The first-order valence-corrected chi connectivity index (χ1v) is 7.38. The molecule has 1 heterocycles. The third kappa shape index (κ3) is 6.24. The van der Waals surface area contributed by atoms with Gasteiger partial charge in [0.2, 0.25) is 0 Å². The van der Waals surface area contributed by atoms with Crippen LogP contribution in [0.4, 0.5) is 4.79 Å². The fraction of sp³-hybridized carbons (Fsp3) is 0.571. The third-order valence-corrected chi connectivity index (χ3v) is 3.10. The predicted octanol–water partition coefficient (Wildman–Crippen LogP) is -0.481. The molecule has 0 spiro atoms. The summed E-state index contributed by atoms with van der Waals surface area (Å²) in [6.45, 7) is 3.35. The van der Waals surface area contributed by atoms with Gasteiger partial charge in [0.25, 0.3) is 0 Å². The molecule has 0 saturated heterocycles. The van der Waals surface area contributed by atoms with Gasteiger partial charge in [0.05, 0.1) is 6.54 Å². The van der Waals surface area contributed by atoms with Crippen molar-refractivity contribution in [3.63, 3.8) is 0 Å². The number of aromatic nitrogens is 2. The van der Waals surface area contributed by atoms with Gasteiger partial charge in [-0.2, -0.15) is 0 Å². The number of carbonyl (C=O) groups is 3. The van der Waals surface area contributed by atoms with Crippen molar-refractivity contribution < 1.29 is 29.7 Å². The molecule has 10 nitrogen and oxygen atoms in total. The van der Waals surface area contributed by atoms with Gasteiger partial charge in [-0.25, -0.2) is 19.4 Å². The number of nitrogens with one attached hydrogen (secondary N) is 2. The third-order valence-electron chi connectivity index (χ3n) is 3.10. The first-order valence-electron chi connectivity index (χ1n) is 7.38. The largest absolute Gasteiger partial charge is 0.480 e. The summed E-state index contributed by atoms with van der Waals surface area (Å²) in [7, 11) is 0. The smallest absolute Gasteiger partial charge is 0.334 e. The summed E-state index contributed by atoms with van der Waals surface area (Å²) >= 11 is 0. The van der Waals surface area contributed by atoms with E-state index < -0.39 is 36.7 Å². The van der Waals surface area contributed by atoms with Crippen molar-refractivity contribution in [1.29, 1.82) is 0 Å². The molecule has 0 aliphatic rings. The highest BCUT2D eigenvalue weighted by molar-refractivity contribution is 5.83. The van der Waals surface area contributed by atoms with Crippen LogP contribution in [0.2, 0.25) is 0 Å². The van der Waals surface area contributed by atoms with Crippen molar-refractivity contribution in [3.8, 4) is 0 Å². The molecule has 2 amide bonds. The van der Waals surface area contributed by atoms with Crippen LogP contribution in [-0.2, 0) is 16.0 Å². The fourth-order valence-electron chi connectivity index (χ4n) is 2.01. The maximum Gasteiger partial charge on any atom is 0.334 e. The van der Waals surface area contributed by atoms with E-state index >= 15 is 0 Å². The number of H-pyrrole nitrogens is 1. The molecular weight excluding hydrogens is 320 g/mol. The van der Waals surface area contributed by atoms with E-state index in [4.69, 9.17) is 5.11 Å². The normalized spacial score (nSPS) is 13.3. The minimum absolute atomic E-state index is 0.00472. The Morgan fingerprint density at radius 1 is 1.25 bits per heavy atom. The van der Waals surface area contributed by atoms with Gasteiger partial charge in [0, 0.05) is 25.4 Å². The Bertz CT molecular complexity index is 560. The number of aromatic amines is 1. The van der Waals surface area contributed by atoms with E-state index in [1.165, 1.54) is 12.4 Å². The lowest BCUT2D eigenvalue weighted by atomic mass is 10.2. The highest BCUT2D eigenvalue weighted by atomic mass is 16.4. The Kier molecular flexibility index (Phi) is 7.18. The first kappa shape index (κ1) is 19.4. The van der Waals surface area contributed by atoms with E-state index in [1.54, 1.807) is 0 Å². The second-order valence-electron chi connectivity index (χ2n) is 5.73. The number of carbonyl (C=O) groups excluding carboxylic acids is 1. The molecule has 0 unspecified atom stereocenters. The van der Waals surface area contributed by atoms with E-state index in [0.717, 1.165) is 4.90 Å². The predicted molar refractivity (Wildman–Crippen MR) is 82.3 cm³/mol. The van der Waals surface area contributed by atoms with Crippen LogP contribution in [0.15, 0.2) is 12.4 Å². The number of aliphatic carboxylic acids is 2. The van der Waals surface area contributed by atoms with E-state index in [2.05, 4.69) is 15.3 Å². The lowest BCUT2D eigenvalue weighted by Gasteiger charge is -2.27. The summed E-state index contributed by atoms with van der Waals surface area (Å²) in [5.41, 5.74) is 0. The molecule has 2 atom stereocenters. The first-order chi connectivity index (χ1) is 11.2. The Morgan fingerprint density at radius 2 is 1.92 bits per heavy atom. The minimum Gasteiger partial charge on any atom is -0.480 e. The van der Waals surface area contributed by atoms with Gasteiger partial charge in [0.15, 0.2) is 6.10 Å². The number of carboxylic acids is 2. The molecule has 134 valence electrons. The van der Waals surface area contributed by atoms with Crippen molar-refractivity contribution in [1.82, 2.24) is 20.2 Å². The number of hydrogen-bond acceptors (Lipinski definition) is 5. The zero-order valence-electron chi connectivity index (χ0n) is 13.5. The standard InChI is InChI=1S/C14H22N4O6/c1-8(2)6-18(7-10(19)13(22)23)14(24)17-9(12(20)21)5-11-15-3-4-16-11/h3-4,8-10,19H,5-7H2,1-2H3,(H,15,16)(H,17,24)(H,20,21)(H,22,23)/t9-,10-/m0/s1. The summed E-state index contributed by atoms with van der Waals surface area (Å²) in [4.78, 5) is 42.1. The number of aliphatic hydroxyl groups excluding tert-OH is 1. The second kappa shape index (κ2) is 8.87. The summed E-state index contributed by atoms with van der Waals surface area (Å²) < 4.78 is 0. The van der Waals surface area contributed by atoms with Crippen molar-refractivity contribution in [2.24, 2.45) is 5.92 Å². The lowest BCUT2D eigenvalue weighted by molar-refractivity contribution is -0.147. The molecule has 0 radical (unpaired) electrons. The SMILES string of the molecule is CC(C)CN(C[C@H](O)C(=O)O)C(=O)N[C@@H](Cc1ncc[nH]1)C(=O)O. The van der Waals surface area contributed by atoms with Crippen LogP contribution in [0.3, 0.4) is 0 Å². The molecule has 0 aromatic carbocycles. The van der Waals surface area contributed by atoms with Crippen LogP contribution in [0, 0.1) is 5.92 Å². The Morgan fingerprint density at radius 3 is 2.38 bits per heavy atom. The van der Waals surface area contributed by atoms with Crippen molar-refractivity contribution >= 4 is 18.0 Å². The van der Waals surface area contributed by atoms with Gasteiger partial charge in [-0.3, -0.25) is 0 Å².